The molecule has 3 nitrogen and oxygen atoms in total. The Morgan fingerprint density at radius 1 is 1.12 bits per heavy atom. The molecule has 0 spiro atoms. The monoisotopic (exact) mass is 247 g/mol. The molecule has 0 aromatic rings. The Balaban J connectivity index is 4.20. The Bertz CT molecular complexity index is 195. The second-order valence-corrected chi connectivity index (χ2v) is 6.00. The number of nitrogens with zero attached hydrogens (tertiary/aromatic N) is 1. The molecule has 0 N–H and O–H groups in total. The van der Waals surface area contributed by atoms with Crippen LogP contribution in [0, 0.1) is 11.8 Å². The highest BCUT2D eigenvalue weighted by Crippen LogP contribution is 2.06. The first kappa shape index (κ1) is 15.6. The molecular weight excluding hydrogens is 222 g/mol. The first-order valence-corrected chi connectivity index (χ1v) is 6.44. The predicted octanol–water partition coefficient (Wildman–Crippen LogP) is 3.06. The zero-order chi connectivity index (χ0) is 12.7. The number of thiol groups is 1. The average molecular weight is 247 g/mol. The summed E-state index contributed by atoms with van der Waals surface area (Å²) < 4.78 is 5.18. The predicted molar refractivity (Wildman–Crippen MR) is 71.0 cm³/mol. The van der Waals surface area contributed by atoms with Crippen molar-refractivity contribution in [3.05, 3.63) is 0 Å². The molecule has 16 heavy (non-hydrogen) atoms. The van der Waals surface area contributed by atoms with Gasteiger partial charge in [-0.05, 0) is 11.8 Å². The fourth-order valence-electron chi connectivity index (χ4n) is 1.39. The average Bonchev–Trinajstić information content (AvgIpc) is 2.11. The summed E-state index contributed by atoms with van der Waals surface area (Å²) >= 11 is 4.19. The molecule has 1 unspecified atom stereocenters. The van der Waals surface area contributed by atoms with Gasteiger partial charge in [-0.25, -0.2) is 4.79 Å². The van der Waals surface area contributed by atoms with Crippen molar-refractivity contribution >= 4 is 18.7 Å². The Morgan fingerprint density at radius 3 is 1.88 bits per heavy atom. The van der Waals surface area contributed by atoms with Gasteiger partial charge in [0.1, 0.15) is 6.61 Å². The smallest absolute Gasteiger partial charge is 0.409 e. The van der Waals surface area contributed by atoms with E-state index in [0.717, 1.165) is 13.1 Å². The summed E-state index contributed by atoms with van der Waals surface area (Å²) in [6.45, 7) is 12.2. The van der Waals surface area contributed by atoms with Crippen LogP contribution < -0.4 is 0 Å². The summed E-state index contributed by atoms with van der Waals surface area (Å²) in [7, 11) is 0. The van der Waals surface area contributed by atoms with E-state index >= 15 is 0 Å². The van der Waals surface area contributed by atoms with Crippen molar-refractivity contribution in [3.8, 4) is 0 Å². The van der Waals surface area contributed by atoms with E-state index < -0.39 is 0 Å². The van der Waals surface area contributed by atoms with Gasteiger partial charge in [0, 0.05) is 18.3 Å². The highest BCUT2D eigenvalue weighted by atomic mass is 32.1. The second-order valence-electron chi connectivity index (χ2n) is 5.12. The number of hydrogen-bond acceptors (Lipinski definition) is 3. The highest BCUT2D eigenvalue weighted by molar-refractivity contribution is 7.80. The zero-order valence-electron chi connectivity index (χ0n) is 11.1. The topological polar surface area (TPSA) is 29.5 Å². The molecule has 1 atom stereocenters. The molecule has 0 rings (SSSR count). The molecule has 4 heteroatoms. The van der Waals surface area contributed by atoms with E-state index in [-0.39, 0.29) is 11.3 Å². The number of hydrogen-bond donors (Lipinski definition) is 1. The van der Waals surface area contributed by atoms with Gasteiger partial charge in [0.05, 0.1) is 0 Å². The van der Waals surface area contributed by atoms with Crippen LogP contribution in [0.25, 0.3) is 0 Å². The quantitative estimate of drug-likeness (QED) is 0.731. The molecule has 0 saturated heterocycles. The summed E-state index contributed by atoms with van der Waals surface area (Å²) in [5.41, 5.74) is 0. The van der Waals surface area contributed by atoms with Gasteiger partial charge in [-0.3, -0.25) is 0 Å². The van der Waals surface area contributed by atoms with Crippen molar-refractivity contribution in [2.24, 2.45) is 11.8 Å². The largest absolute Gasteiger partial charge is 0.448 e. The lowest BCUT2D eigenvalue weighted by Gasteiger charge is -2.25. The van der Waals surface area contributed by atoms with E-state index in [4.69, 9.17) is 4.74 Å². The highest BCUT2D eigenvalue weighted by Gasteiger charge is 2.17. The normalized spacial score (nSPS) is 13.0. The van der Waals surface area contributed by atoms with Gasteiger partial charge in [0.15, 0.2) is 0 Å². The van der Waals surface area contributed by atoms with Crippen LogP contribution in [-0.2, 0) is 4.74 Å². The van der Waals surface area contributed by atoms with Gasteiger partial charge in [-0.1, -0.05) is 34.6 Å². The summed E-state index contributed by atoms with van der Waals surface area (Å²) in [6.07, 6.45) is -0.219. The van der Waals surface area contributed by atoms with E-state index in [0.29, 0.717) is 18.4 Å². The molecule has 1 amide bonds. The first-order valence-electron chi connectivity index (χ1n) is 5.92. The minimum absolute atomic E-state index is 0.0869. The first-order chi connectivity index (χ1) is 7.32. The molecule has 96 valence electrons. The van der Waals surface area contributed by atoms with E-state index in [9.17, 15) is 4.79 Å². The molecule has 0 aromatic carbocycles. The third kappa shape index (κ3) is 7.85. The summed E-state index contributed by atoms with van der Waals surface area (Å²) in [6, 6.07) is 0. The lowest BCUT2D eigenvalue weighted by Crippen LogP contribution is -2.38. The van der Waals surface area contributed by atoms with Crippen molar-refractivity contribution in [1.29, 1.82) is 0 Å². The third-order valence-corrected chi connectivity index (χ3v) is 2.03. The molecule has 0 aromatic heterocycles. The molecule has 0 aliphatic rings. The zero-order valence-corrected chi connectivity index (χ0v) is 12.0. The Kier molecular flexibility index (Phi) is 7.64. The lowest BCUT2D eigenvalue weighted by atomic mass is 10.1. The Hall–Kier alpha value is -0.380. The number of ether oxygens (including phenoxy) is 1. The molecule has 0 heterocycles. The SMILES string of the molecule is CC(C)CN(CC(C)C)C(=O)OCC(C)S. The van der Waals surface area contributed by atoms with Crippen LogP contribution in [0.3, 0.4) is 0 Å². The van der Waals surface area contributed by atoms with Crippen LogP contribution in [0.15, 0.2) is 0 Å². The van der Waals surface area contributed by atoms with Gasteiger partial charge in [-0.2, -0.15) is 12.6 Å². The summed E-state index contributed by atoms with van der Waals surface area (Å²) in [5, 5.41) is 0.0869. The van der Waals surface area contributed by atoms with Crippen LogP contribution in [0.4, 0.5) is 4.79 Å². The van der Waals surface area contributed by atoms with E-state index in [1.165, 1.54) is 0 Å². The second kappa shape index (κ2) is 7.82. The van der Waals surface area contributed by atoms with Crippen LogP contribution in [-0.4, -0.2) is 35.9 Å². The molecule has 0 bridgehead atoms. The lowest BCUT2D eigenvalue weighted by molar-refractivity contribution is 0.0945. The van der Waals surface area contributed by atoms with E-state index in [2.05, 4.69) is 40.3 Å². The molecular formula is C12H25NO2S. The minimum Gasteiger partial charge on any atom is -0.448 e. The molecule has 0 fully saturated rings. The number of rotatable bonds is 6. The third-order valence-electron chi connectivity index (χ3n) is 1.88. The van der Waals surface area contributed by atoms with Gasteiger partial charge in [-0.15, -0.1) is 0 Å². The Morgan fingerprint density at radius 2 is 1.56 bits per heavy atom. The fourth-order valence-corrected chi connectivity index (χ4v) is 1.46. The maximum atomic E-state index is 11.8. The van der Waals surface area contributed by atoms with Crippen LogP contribution in [0.1, 0.15) is 34.6 Å². The maximum Gasteiger partial charge on any atom is 0.409 e. The Labute approximate surface area is 105 Å². The molecule has 0 aliphatic heterocycles. The number of carbonyl (C=O) groups is 1. The van der Waals surface area contributed by atoms with Crippen molar-refractivity contribution < 1.29 is 9.53 Å². The van der Waals surface area contributed by atoms with E-state index in [1.807, 2.05) is 6.92 Å². The molecule has 0 radical (unpaired) electrons. The van der Waals surface area contributed by atoms with Crippen molar-refractivity contribution in [3.63, 3.8) is 0 Å². The molecule has 0 aliphatic carbocycles. The summed E-state index contributed by atoms with van der Waals surface area (Å²) in [4.78, 5) is 13.6. The van der Waals surface area contributed by atoms with Gasteiger partial charge >= 0.3 is 6.09 Å². The maximum absolute atomic E-state index is 11.8. The number of carbonyl (C=O) groups excluding carboxylic acids is 1. The van der Waals surface area contributed by atoms with Gasteiger partial charge < -0.3 is 9.64 Å². The fraction of sp³-hybridized carbons (Fsp3) is 0.917. The van der Waals surface area contributed by atoms with Gasteiger partial charge in [0.25, 0.3) is 0 Å². The van der Waals surface area contributed by atoms with Gasteiger partial charge in [0.2, 0.25) is 0 Å². The summed E-state index contributed by atoms with van der Waals surface area (Å²) in [5.74, 6) is 0.916. The van der Waals surface area contributed by atoms with Crippen molar-refractivity contribution in [2.75, 3.05) is 19.7 Å². The standard InChI is InChI=1S/C12H25NO2S/c1-9(2)6-13(7-10(3)4)12(14)15-8-11(5)16/h9-11,16H,6-8H2,1-5H3. The minimum atomic E-state index is -0.219. The van der Waals surface area contributed by atoms with Crippen LogP contribution in [0.5, 0.6) is 0 Å². The molecule has 0 saturated carbocycles. The van der Waals surface area contributed by atoms with Crippen LogP contribution >= 0.6 is 12.6 Å². The number of amides is 1. The van der Waals surface area contributed by atoms with E-state index in [1.54, 1.807) is 4.90 Å². The van der Waals surface area contributed by atoms with Crippen LogP contribution in [0.2, 0.25) is 0 Å². The van der Waals surface area contributed by atoms with Crippen molar-refractivity contribution in [1.82, 2.24) is 4.90 Å². The van der Waals surface area contributed by atoms with Crippen molar-refractivity contribution in [2.45, 2.75) is 39.9 Å².